The number of carbonyl (C=O) groups is 1. The molecule has 1 unspecified atom stereocenters. The topological polar surface area (TPSA) is 38.8 Å². The minimum atomic E-state index is 0. The van der Waals surface area contributed by atoms with E-state index in [1.807, 2.05) is 7.05 Å². The van der Waals surface area contributed by atoms with Crippen LogP contribution in [0.4, 0.5) is 5.69 Å². The summed E-state index contributed by atoms with van der Waals surface area (Å²) < 4.78 is 0. The van der Waals surface area contributed by atoms with E-state index < -0.39 is 0 Å². The molecular weight excluding hydrogens is 383 g/mol. The first kappa shape index (κ1) is 24.0. The molecule has 0 radical (unpaired) electrons. The van der Waals surface area contributed by atoms with Gasteiger partial charge in [0.15, 0.2) is 0 Å². The Balaban J connectivity index is 0.00000182. The lowest BCUT2D eigenvalue weighted by molar-refractivity contribution is -0.130. The monoisotopic (exact) mass is 416 g/mol. The van der Waals surface area contributed by atoms with Crippen LogP contribution in [-0.2, 0) is 4.79 Å². The molecule has 0 aliphatic carbocycles. The van der Waals surface area contributed by atoms with Crippen molar-refractivity contribution in [2.45, 2.75) is 19.8 Å². The number of hydrogen-bond donors (Lipinski definition) is 1. The molecule has 5 nitrogen and oxygen atoms in total. The number of halogens is 2. The number of benzene rings is 1. The van der Waals surface area contributed by atoms with Crippen LogP contribution in [0, 0.1) is 12.8 Å². The van der Waals surface area contributed by atoms with Gasteiger partial charge in [-0.3, -0.25) is 9.69 Å². The zero-order chi connectivity index (χ0) is 17.6. The van der Waals surface area contributed by atoms with Gasteiger partial charge in [0.25, 0.3) is 0 Å². The van der Waals surface area contributed by atoms with Crippen molar-refractivity contribution in [2.75, 3.05) is 64.3 Å². The Morgan fingerprint density at radius 3 is 2.56 bits per heavy atom. The Labute approximate surface area is 176 Å². The predicted molar refractivity (Wildman–Crippen MR) is 118 cm³/mol. The third kappa shape index (κ3) is 6.83. The molecule has 1 amide bonds. The Bertz CT molecular complexity index is 579. The van der Waals surface area contributed by atoms with Gasteiger partial charge < -0.3 is 15.1 Å². The fourth-order valence-corrected chi connectivity index (χ4v) is 3.98. The molecule has 2 aliphatic heterocycles. The van der Waals surface area contributed by atoms with Crippen molar-refractivity contribution in [3.05, 3.63) is 29.8 Å². The molecule has 1 aromatic carbocycles. The van der Waals surface area contributed by atoms with Gasteiger partial charge in [-0.15, -0.1) is 24.8 Å². The van der Waals surface area contributed by atoms with E-state index in [0.717, 1.165) is 58.8 Å². The molecule has 3 rings (SSSR count). The molecule has 7 heteroatoms. The first-order valence-electron chi connectivity index (χ1n) is 9.62. The minimum Gasteiger partial charge on any atom is -0.369 e. The highest BCUT2D eigenvalue weighted by Gasteiger charge is 2.26. The van der Waals surface area contributed by atoms with E-state index in [2.05, 4.69) is 51.2 Å². The molecule has 1 atom stereocenters. The standard InChI is InChI=1S/C20H32N4O.2ClH/c1-17-4-3-5-19(14-17)23-12-10-22(11-13-23)8-7-20(25)24-9-6-18(16-24)15-21-2;;/h3-5,14,18,21H,6-13,15-16H2,1-2H3;2*1H. The smallest absolute Gasteiger partial charge is 0.223 e. The molecule has 0 spiro atoms. The Morgan fingerprint density at radius 1 is 1.15 bits per heavy atom. The summed E-state index contributed by atoms with van der Waals surface area (Å²) >= 11 is 0. The van der Waals surface area contributed by atoms with E-state index in [9.17, 15) is 4.79 Å². The van der Waals surface area contributed by atoms with E-state index >= 15 is 0 Å². The average Bonchev–Trinajstić information content (AvgIpc) is 3.09. The summed E-state index contributed by atoms with van der Waals surface area (Å²) in [4.78, 5) is 19.4. The third-order valence-corrected chi connectivity index (χ3v) is 5.51. The van der Waals surface area contributed by atoms with Crippen molar-refractivity contribution in [2.24, 2.45) is 5.92 Å². The number of likely N-dealkylation sites (tertiary alicyclic amines) is 1. The van der Waals surface area contributed by atoms with Crippen molar-refractivity contribution >= 4 is 36.4 Å². The summed E-state index contributed by atoms with van der Waals surface area (Å²) in [6, 6.07) is 8.73. The SMILES string of the molecule is CNCC1CCN(C(=O)CCN2CCN(c3cccc(C)c3)CC2)C1.Cl.Cl. The number of nitrogens with zero attached hydrogens (tertiary/aromatic N) is 3. The predicted octanol–water partition coefficient (Wildman–Crippen LogP) is 2.42. The number of amides is 1. The van der Waals surface area contributed by atoms with Gasteiger partial charge in [0.05, 0.1) is 0 Å². The van der Waals surface area contributed by atoms with Crippen LogP contribution in [0.25, 0.3) is 0 Å². The molecule has 2 heterocycles. The van der Waals surface area contributed by atoms with E-state index in [-0.39, 0.29) is 24.8 Å². The van der Waals surface area contributed by atoms with Crippen LogP contribution in [0.1, 0.15) is 18.4 Å². The second-order valence-corrected chi connectivity index (χ2v) is 7.47. The quantitative estimate of drug-likeness (QED) is 0.772. The van der Waals surface area contributed by atoms with Gasteiger partial charge in [0.1, 0.15) is 0 Å². The maximum absolute atomic E-state index is 12.4. The summed E-state index contributed by atoms with van der Waals surface area (Å²) in [7, 11) is 1.99. The van der Waals surface area contributed by atoms with Gasteiger partial charge in [-0.1, -0.05) is 12.1 Å². The summed E-state index contributed by atoms with van der Waals surface area (Å²) in [5.41, 5.74) is 2.64. The highest BCUT2D eigenvalue weighted by molar-refractivity contribution is 5.85. The van der Waals surface area contributed by atoms with E-state index in [1.54, 1.807) is 0 Å². The van der Waals surface area contributed by atoms with E-state index in [4.69, 9.17) is 0 Å². The normalized spacial score (nSPS) is 20.1. The maximum atomic E-state index is 12.4. The van der Waals surface area contributed by atoms with Crippen molar-refractivity contribution in [3.63, 3.8) is 0 Å². The van der Waals surface area contributed by atoms with Gasteiger partial charge in [0.2, 0.25) is 5.91 Å². The number of piperazine rings is 1. The molecular formula is C20H34Cl2N4O. The zero-order valence-corrected chi connectivity index (χ0v) is 18.2. The first-order chi connectivity index (χ1) is 12.2. The zero-order valence-electron chi connectivity index (χ0n) is 16.5. The summed E-state index contributed by atoms with van der Waals surface area (Å²) in [6.07, 6.45) is 1.80. The molecule has 2 saturated heterocycles. The Morgan fingerprint density at radius 2 is 1.89 bits per heavy atom. The van der Waals surface area contributed by atoms with Gasteiger partial charge in [-0.25, -0.2) is 0 Å². The maximum Gasteiger partial charge on any atom is 0.223 e. The average molecular weight is 417 g/mol. The van der Waals surface area contributed by atoms with E-state index in [1.165, 1.54) is 11.3 Å². The van der Waals surface area contributed by atoms with E-state index in [0.29, 0.717) is 18.2 Å². The number of anilines is 1. The second-order valence-electron chi connectivity index (χ2n) is 7.47. The number of nitrogens with one attached hydrogen (secondary N) is 1. The van der Waals surface area contributed by atoms with Crippen LogP contribution in [0.2, 0.25) is 0 Å². The molecule has 154 valence electrons. The van der Waals surface area contributed by atoms with Crippen LogP contribution >= 0.6 is 24.8 Å². The molecule has 0 bridgehead atoms. The fraction of sp³-hybridized carbons (Fsp3) is 0.650. The summed E-state index contributed by atoms with van der Waals surface area (Å²) in [5, 5.41) is 3.22. The van der Waals surface area contributed by atoms with Gasteiger partial charge in [0, 0.05) is 57.9 Å². The number of hydrogen-bond acceptors (Lipinski definition) is 4. The van der Waals surface area contributed by atoms with Crippen molar-refractivity contribution in [1.29, 1.82) is 0 Å². The molecule has 27 heavy (non-hydrogen) atoms. The number of carbonyl (C=O) groups excluding carboxylic acids is 1. The molecule has 2 aliphatic rings. The molecule has 0 aromatic heterocycles. The summed E-state index contributed by atoms with van der Waals surface area (Å²) in [5.74, 6) is 0.964. The van der Waals surface area contributed by atoms with Gasteiger partial charge in [-0.2, -0.15) is 0 Å². The number of aryl methyl sites for hydroxylation is 1. The minimum absolute atomic E-state index is 0. The Hall–Kier alpha value is -1.01. The lowest BCUT2D eigenvalue weighted by atomic mass is 10.1. The third-order valence-electron chi connectivity index (χ3n) is 5.51. The lowest BCUT2D eigenvalue weighted by Gasteiger charge is -2.36. The molecule has 1 aromatic rings. The highest BCUT2D eigenvalue weighted by Crippen LogP contribution is 2.19. The van der Waals surface area contributed by atoms with Crippen LogP contribution in [-0.4, -0.2) is 75.1 Å². The first-order valence-corrected chi connectivity index (χ1v) is 9.62. The molecule has 0 saturated carbocycles. The fourth-order valence-electron chi connectivity index (χ4n) is 3.98. The van der Waals surface area contributed by atoms with Crippen molar-refractivity contribution in [1.82, 2.24) is 15.1 Å². The van der Waals surface area contributed by atoms with Crippen LogP contribution in [0.3, 0.4) is 0 Å². The van der Waals surface area contributed by atoms with Crippen LogP contribution in [0.15, 0.2) is 24.3 Å². The molecule has 2 fully saturated rings. The van der Waals surface area contributed by atoms with Gasteiger partial charge >= 0.3 is 0 Å². The van der Waals surface area contributed by atoms with Crippen LogP contribution < -0.4 is 10.2 Å². The van der Waals surface area contributed by atoms with Crippen molar-refractivity contribution in [3.8, 4) is 0 Å². The van der Waals surface area contributed by atoms with Crippen LogP contribution in [0.5, 0.6) is 0 Å². The lowest BCUT2D eigenvalue weighted by Crippen LogP contribution is -2.47. The second kappa shape index (κ2) is 11.7. The van der Waals surface area contributed by atoms with Crippen molar-refractivity contribution < 1.29 is 4.79 Å². The highest BCUT2D eigenvalue weighted by atomic mass is 35.5. The molecule has 1 N–H and O–H groups in total. The number of rotatable bonds is 6. The Kier molecular flexibility index (Phi) is 10.5. The van der Waals surface area contributed by atoms with Gasteiger partial charge in [-0.05, 0) is 50.6 Å². The summed E-state index contributed by atoms with van der Waals surface area (Å²) in [6.45, 7) is 10.1. The largest absolute Gasteiger partial charge is 0.369 e.